The summed E-state index contributed by atoms with van der Waals surface area (Å²) in [4.78, 5) is 7.93. The molecule has 0 radical (unpaired) electrons. The largest absolute Gasteiger partial charge is 0.305 e. The topological polar surface area (TPSA) is 37.8 Å². The van der Waals surface area contributed by atoms with Gasteiger partial charge in [-0.2, -0.15) is 0 Å². The maximum Gasteiger partial charge on any atom is 0.145 e. The molecule has 6 heteroatoms. The van der Waals surface area contributed by atoms with E-state index in [-0.39, 0.29) is 10.0 Å². The van der Waals surface area contributed by atoms with Crippen LogP contribution in [0.5, 0.6) is 0 Å². The van der Waals surface area contributed by atoms with Gasteiger partial charge in [-0.1, -0.05) is 6.92 Å². The third-order valence-corrected chi connectivity index (χ3v) is 3.48. The Morgan fingerprint density at radius 3 is 2.75 bits per heavy atom. The van der Waals surface area contributed by atoms with Crippen molar-refractivity contribution < 1.29 is 8.78 Å². The number of hydrogen-bond donors (Lipinski definition) is 1. The molecular formula is C14H14BrF2N3. The quantitative estimate of drug-likeness (QED) is 0.844. The summed E-state index contributed by atoms with van der Waals surface area (Å²) in [6.07, 6.45) is 3.76. The Hall–Kier alpha value is -1.40. The second-order valence-corrected chi connectivity index (χ2v) is 5.13. The molecular weight excluding hydrogens is 328 g/mol. The van der Waals surface area contributed by atoms with Crippen molar-refractivity contribution in [2.75, 3.05) is 6.54 Å². The average Bonchev–Trinajstić information content (AvgIpc) is 2.47. The fraction of sp³-hybridized carbons (Fsp3) is 0.286. The summed E-state index contributed by atoms with van der Waals surface area (Å²) in [6, 6.07) is 3.60. The number of halogens is 3. The molecule has 0 fully saturated rings. The van der Waals surface area contributed by atoms with E-state index >= 15 is 0 Å². The van der Waals surface area contributed by atoms with E-state index in [2.05, 4.69) is 31.2 Å². The Morgan fingerprint density at radius 2 is 2.10 bits per heavy atom. The van der Waals surface area contributed by atoms with Crippen molar-refractivity contribution in [3.63, 3.8) is 0 Å². The first kappa shape index (κ1) is 15.0. The minimum Gasteiger partial charge on any atom is -0.305 e. The van der Waals surface area contributed by atoms with Gasteiger partial charge in [-0.25, -0.2) is 18.7 Å². The SMILES string of the molecule is CCCNC(c1ccncn1)c1c(F)ccc(Br)c1F. The molecule has 0 aliphatic rings. The van der Waals surface area contributed by atoms with Crippen LogP contribution in [0.2, 0.25) is 0 Å². The van der Waals surface area contributed by atoms with E-state index in [9.17, 15) is 8.78 Å². The van der Waals surface area contributed by atoms with E-state index < -0.39 is 17.7 Å². The summed E-state index contributed by atoms with van der Waals surface area (Å²) in [5.41, 5.74) is 0.496. The van der Waals surface area contributed by atoms with Crippen molar-refractivity contribution in [1.29, 1.82) is 0 Å². The Morgan fingerprint density at radius 1 is 1.30 bits per heavy atom. The summed E-state index contributed by atoms with van der Waals surface area (Å²) in [5, 5.41) is 3.12. The molecule has 2 rings (SSSR count). The monoisotopic (exact) mass is 341 g/mol. The molecule has 0 amide bonds. The molecule has 3 nitrogen and oxygen atoms in total. The van der Waals surface area contributed by atoms with Crippen LogP contribution in [-0.2, 0) is 0 Å². The summed E-state index contributed by atoms with van der Waals surface area (Å²) in [6.45, 7) is 2.61. The smallest absolute Gasteiger partial charge is 0.145 e. The third kappa shape index (κ3) is 3.19. The number of hydrogen-bond acceptors (Lipinski definition) is 3. The van der Waals surface area contributed by atoms with Crippen molar-refractivity contribution in [1.82, 2.24) is 15.3 Å². The zero-order valence-electron chi connectivity index (χ0n) is 10.9. The van der Waals surface area contributed by atoms with Crippen molar-refractivity contribution in [3.8, 4) is 0 Å². The van der Waals surface area contributed by atoms with Crippen LogP contribution in [0, 0.1) is 11.6 Å². The van der Waals surface area contributed by atoms with Crippen molar-refractivity contribution in [2.45, 2.75) is 19.4 Å². The molecule has 20 heavy (non-hydrogen) atoms. The van der Waals surface area contributed by atoms with Gasteiger partial charge in [0, 0.05) is 11.8 Å². The minimum absolute atomic E-state index is 0.0356. The summed E-state index contributed by atoms with van der Waals surface area (Å²) in [7, 11) is 0. The van der Waals surface area contributed by atoms with Gasteiger partial charge in [0.05, 0.1) is 16.2 Å². The van der Waals surface area contributed by atoms with Gasteiger partial charge >= 0.3 is 0 Å². The molecule has 1 atom stereocenters. The number of nitrogens with zero attached hydrogens (tertiary/aromatic N) is 2. The second-order valence-electron chi connectivity index (χ2n) is 4.28. The first-order valence-corrected chi connectivity index (χ1v) is 7.07. The molecule has 0 aliphatic heterocycles. The molecule has 0 bridgehead atoms. The Bertz CT molecular complexity index is 578. The summed E-state index contributed by atoms with van der Waals surface area (Å²) >= 11 is 3.09. The third-order valence-electron chi connectivity index (χ3n) is 2.87. The number of benzene rings is 1. The molecule has 1 N–H and O–H groups in total. The van der Waals surface area contributed by atoms with Gasteiger partial charge in [0.25, 0.3) is 0 Å². The van der Waals surface area contributed by atoms with Crippen LogP contribution in [-0.4, -0.2) is 16.5 Å². The molecule has 0 spiro atoms. The number of aromatic nitrogens is 2. The molecule has 1 aromatic heterocycles. The van der Waals surface area contributed by atoms with Gasteiger partial charge in [0.2, 0.25) is 0 Å². The van der Waals surface area contributed by atoms with Gasteiger partial charge in [-0.05, 0) is 47.1 Å². The number of rotatable bonds is 5. The zero-order valence-corrected chi connectivity index (χ0v) is 12.5. The van der Waals surface area contributed by atoms with E-state index in [0.29, 0.717) is 12.2 Å². The Kier molecular flexibility index (Phi) is 5.14. The molecule has 1 unspecified atom stereocenters. The lowest BCUT2D eigenvalue weighted by Crippen LogP contribution is -2.26. The minimum atomic E-state index is -0.643. The molecule has 0 aliphatic carbocycles. The summed E-state index contributed by atoms with van der Waals surface area (Å²) in [5.74, 6) is -1.21. The van der Waals surface area contributed by atoms with Crippen LogP contribution >= 0.6 is 15.9 Å². The zero-order chi connectivity index (χ0) is 14.5. The number of nitrogens with one attached hydrogen (secondary N) is 1. The van der Waals surface area contributed by atoms with Crippen LogP contribution < -0.4 is 5.32 Å². The van der Waals surface area contributed by atoms with Crippen LogP contribution in [0.25, 0.3) is 0 Å². The fourth-order valence-electron chi connectivity index (χ4n) is 1.92. The van der Waals surface area contributed by atoms with Crippen molar-refractivity contribution >= 4 is 15.9 Å². The van der Waals surface area contributed by atoms with Gasteiger partial charge in [0.1, 0.15) is 18.0 Å². The van der Waals surface area contributed by atoms with E-state index in [0.717, 1.165) is 6.42 Å². The van der Waals surface area contributed by atoms with E-state index in [1.807, 2.05) is 6.92 Å². The standard InChI is InChI=1S/C14H14BrF2N3/c1-2-6-19-14(11-5-7-18-8-20-11)12-10(16)4-3-9(15)13(12)17/h3-5,7-8,14,19H,2,6H2,1H3. The van der Waals surface area contributed by atoms with Gasteiger partial charge in [0.15, 0.2) is 0 Å². The van der Waals surface area contributed by atoms with E-state index in [1.54, 1.807) is 12.3 Å². The molecule has 2 aromatic rings. The molecule has 0 saturated heterocycles. The van der Waals surface area contributed by atoms with Gasteiger partial charge in [-0.3, -0.25) is 0 Å². The molecule has 0 saturated carbocycles. The lowest BCUT2D eigenvalue weighted by Gasteiger charge is -2.20. The fourth-order valence-corrected chi connectivity index (χ4v) is 2.27. The maximum absolute atomic E-state index is 14.3. The van der Waals surface area contributed by atoms with Crippen LogP contribution in [0.4, 0.5) is 8.78 Å². The highest BCUT2D eigenvalue weighted by molar-refractivity contribution is 9.10. The van der Waals surface area contributed by atoms with E-state index in [1.165, 1.54) is 18.5 Å². The van der Waals surface area contributed by atoms with Crippen LogP contribution in [0.3, 0.4) is 0 Å². The molecule has 1 aromatic carbocycles. The first-order chi connectivity index (χ1) is 9.65. The van der Waals surface area contributed by atoms with Gasteiger partial charge < -0.3 is 5.32 Å². The normalized spacial score (nSPS) is 12.4. The maximum atomic E-state index is 14.3. The Balaban J connectivity index is 2.49. The highest BCUT2D eigenvalue weighted by Crippen LogP contribution is 2.29. The van der Waals surface area contributed by atoms with Crippen LogP contribution in [0.1, 0.15) is 30.6 Å². The first-order valence-electron chi connectivity index (χ1n) is 6.27. The lowest BCUT2D eigenvalue weighted by atomic mass is 10.0. The predicted octanol–water partition coefficient (Wildman–Crippen LogP) is 3.61. The van der Waals surface area contributed by atoms with E-state index in [4.69, 9.17) is 0 Å². The summed E-state index contributed by atoms with van der Waals surface area (Å²) < 4.78 is 28.5. The predicted molar refractivity (Wildman–Crippen MR) is 76.2 cm³/mol. The highest BCUT2D eigenvalue weighted by Gasteiger charge is 2.24. The molecule has 106 valence electrons. The van der Waals surface area contributed by atoms with Crippen LogP contribution in [0.15, 0.2) is 35.2 Å². The van der Waals surface area contributed by atoms with Gasteiger partial charge in [-0.15, -0.1) is 0 Å². The lowest BCUT2D eigenvalue weighted by molar-refractivity contribution is 0.494. The molecule has 1 heterocycles. The van der Waals surface area contributed by atoms with Crippen molar-refractivity contribution in [3.05, 3.63) is 58.1 Å². The Labute approximate surface area is 124 Å². The second kappa shape index (κ2) is 6.85. The van der Waals surface area contributed by atoms with Crippen molar-refractivity contribution in [2.24, 2.45) is 0 Å². The average molecular weight is 342 g/mol. The highest BCUT2D eigenvalue weighted by atomic mass is 79.9.